The van der Waals surface area contributed by atoms with Crippen LogP contribution in [0.3, 0.4) is 0 Å². The highest BCUT2D eigenvalue weighted by Gasteiger charge is 2.16. The Kier molecular flexibility index (Phi) is 5.74. The van der Waals surface area contributed by atoms with Gasteiger partial charge in [-0.3, -0.25) is 4.79 Å². The van der Waals surface area contributed by atoms with E-state index in [2.05, 4.69) is 6.92 Å². The molecule has 1 unspecified atom stereocenters. The van der Waals surface area contributed by atoms with Gasteiger partial charge < -0.3 is 5.11 Å². The summed E-state index contributed by atoms with van der Waals surface area (Å²) < 4.78 is 0. The first-order valence-corrected chi connectivity index (χ1v) is 6.40. The van der Waals surface area contributed by atoms with Crippen LogP contribution in [0.15, 0.2) is 0 Å². The number of aliphatic carboxylic acids is 1. The van der Waals surface area contributed by atoms with Crippen LogP contribution in [0.25, 0.3) is 0 Å². The van der Waals surface area contributed by atoms with Gasteiger partial charge in [0.2, 0.25) is 0 Å². The molecule has 0 heterocycles. The highest BCUT2D eigenvalue weighted by atomic mass is 16.4. The van der Waals surface area contributed by atoms with E-state index in [1.165, 1.54) is 38.5 Å². The molecule has 0 spiro atoms. The number of carboxylic acid groups (broad SMARTS) is 1. The molecule has 1 fully saturated rings. The number of carbonyl (C=O) groups is 1. The number of hydrogen-bond acceptors (Lipinski definition) is 1. The Hall–Kier alpha value is -0.530. The van der Waals surface area contributed by atoms with Crippen LogP contribution in [0.1, 0.15) is 64.7 Å². The SMILES string of the molecule is CC(CCCC(=O)O)CC1CCCCC1. The van der Waals surface area contributed by atoms with Crippen LogP contribution in [-0.4, -0.2) is 11.1 Å². The zero-order valence-electron chi connectivity index (χ0n) is 9.87. The van der Waals surface area contributed by atoms with Gasteiger partial charge in [-0.25, -0.2) is 0 Å². The second-order valence-corrected chi connectivity index (χ2v) is 5.13. The highest BCUT2D eigenvalue weighted by molar-refractivity contribution is 5.66. The van der Waals surface area contributed by atoms with E-state index in [9.17, 15) is 4.79 Å². The lowest BCUT2D eigenvalue weighted by Gasteiger charge is -2.24. The molecule has 15 heavy (non-hydrogen) atoms. The van der Waals surface area contributed by atoms with E-state index in [0.29, 0.717) is 12.3 Å². The third kappa shape index (κ3) is 5.81. The van der Waals surface area contributed by atoms with Crippen molar-refractivity contribution in [2.45, 2.75) is 64.7 Å². The smallest absolute Gasteiger partial charge is 0.303 e. The quantitative estimate of drug-likeness (QED) is 0.726. The summed E-state index contributed by atoms with van der Waals surface area (Å²) in [6.45, 7) is 2.27. The van der Waals surface area contributed by atoms with Gasteiger partial charge in [-0.05, 0) is 24.7 Å². The summed E-state index contributed by atoms with van der Waals surface area (Å²) in [5.74, 6) is 0.992. The maximum absolute atomic E-state index is 10.4. The molecule has 2 nitrogen and oxygen atoms in total. The van der Waals surface area contributed by atoms with Gasteiger partial charge in [-0.1, -0.05) is 45.4 Å². The van der Waals surface area contributed by atoms with Crippen LogP contribution in [-0.2, 0) is 4.79 Å². The molecule has 0 radical (unpaired) electrons. The molecule has 0 saturated heterocycles. The Labute approximate surface area is 93.1 Å². The first-order chi connectivity index (χ1) is 7.18. The van der Waals surface area contributed by atoms with Gasteiger partial charge >= 0.3 is 5.97 Å². The predicted octanol–water partition coefficient (Wildman–Crippen LogP) is 3.85. The molecule has 2 heteroatoms. The van der Waals surface area contributed by atoms with Crippen molar-refractivity contribution >= 4 is 5.97 Å². The second-order valence-electron chi connectivity index (χ2n) is 5.13. The average Bonchev–Trinajstić information content (AvgIpc) is 2.18. The van der Waals surface area contributed by atoms with Crippen molar-refractivity contribution < 1.29 is 9.90 Å². The first-order valence-electron chi connectivity index (χ1n) is 6.40. The van der Waals surface area contributed by atoms with E-state index in [4.69, 9.17) is 5.11 Å². The van der Waals surface area contributed by atoms with Gasteiger partial charge in [0, 0.05) is 6.42 Å². The summed E-state index contributed by atoms with van der Waals surface area (Å²) >= 11 is 0. The molecular weight excluding hydrogens is 188 g/mol. The summed E-state index contributed by atoms with van der Waals surface area (Å²) in [4.78, 5) is 10.4. The van der Waals surface area contributed by atoms with Gasteiger partial charge in [0.1, 0.15) is 0 Å². The molecule has 1 saturated carbocycles. The van der Waals surface area contributed by atoms with Gasteiger partial charge in [0.05, 0.1) is 0 Å². The molecule has 0 aromatic heterocycles. The van der Waals surface area contributed by atoms with Crippen molar-refractivity contribution in [3.8, 4) is 0 Å². The minimum absolute atomic E-state index is 0.342. The topological polar surface area (TPSA) is 37.3 Å². The summed E-state index contributed by atoms with van der Waals surface area (Å²) in [6, 6.07) is 0. The average molecular weight is 212 g/mol. The molecule has 0 bridgehead atoms. The van der Waals surface area contributed by atoms with Crippen LogP contribution in [0.4, 0.5) is 0 Å². The predicted molar refractivity (Wildman–Crippen MR) is 61.8 cm³/mol. The number of hydrogen-bond donors (Lipinski definition) is 1. The van der Waals surface area contributed by atoms with Gasteiger partial charge in [-0.2, -0.15) is 0 Å². The molecule has 1 atom stereocenters. The Balaban J connectivity index is 2.06. The number of carboxylic acids is 1. The largest absolute Gasteiger partial charge is 0.481 e. The van der Waals surface area contributed by atoms with E-state index in [1.807, 2.05) is 0 Å². The fourth-order valence-corrected chi connectivity index (χ4v) is 2.71. The van der Waals surface area contributed by atoms with Crippen LogP contribution in [0, 0.1) is 11.8 Å². The molecule has 1 rings (SSSR count). The fraction of sp³-hybridized carbons (Fsp3) is 0.923. The van der Waals surface area contributed by atoms with Crippen molar-refractivity contribution in [2.24, 2.45) is 11.8 Å². The minimum Gasteiger partial charge on any atom is -0.481 e. The molecule has 1 aliphatic carbocycles. The second kappa shape index (κ2) is 6.86. The molecule has 1 N–H and O–H groups in total. The van der Waals surface area contributed by atoms with E-state index in [0.717, 1.165) is 18.8 Å². The third-order valence-corrected chi connectivity index (χ3v) is 3.55. The van der Waals surface area contributed by atoms with Crippen molar-refractivity contribution in [3.05, 3.63) is 0 Å². The molecule has 0 aromatic rings. The summed E-state index contributed by atoms with van der Waals surface area (Å²) in [5, 5.41) is 8.55. The molecule has 88 valence electrons. The Morgan fingerprint density at radius 1 is 1.33 bits per heavy atom. The maximum Gasteiger partial charge on any atom is 0.303 e. The van der Waals surface area contributed by atoms with Crippen molar-refractivity contribution in [3.63, 3.8) is 0 Å². The Bertz CT molecular complexity index is 183. The lowest BCUT2D eigenvalue weighted by Crippen LogP contribution is -2.10. The van der Waals surface area contributed by atoms with Crippen LogP contribution in [0.5, 0.6) is 0 Å². The fourth-order valence-electron chi connectivity index (χ4n) is 2.71. The van der Waals surface area contributed by atoms with Crippen molar-refractivity contribution in [1.29, 1.82) is 0 Å². The van der Waals surface area contributed by atoms with Gasteiger partial charge in [0.15, 0.2) is 0 Å². The highest BCUT2D eigenvalue weighted by Crippen LogP contribution is 2.30. The molecule has 0 aromatic carbocycles. The normalized spacial score (nSPS) is 20.1. The molecular formula is C13H24O2. The maximum atomic E-state index is 10.4. The van der Waals surface area contributed by atoms with Gasteiger partial charge in [0.25, 0.3) is 0 Å². The van der Waals surface area contributed by atoms with Gasteiger partial charge in [-0.15, -0.1) is 0 Å². The van der Waals surface area contributed by atoms with Crippen LogP contribution in [0.2, 0.25) is 0 Å². The van der Waals surface area contributed by atoms with E-state index >= 15 is 0 Å². The van der Waals surface area contributed by atoms with Crippen molar-refractivity contribution in [2.75, 3.05) is 0 Å². The summed E-state index contributed by atoms with van der Waals surface area (Å²) in [7, 11) is 0. The first kappa shape index (κ1) is 12.5. The van der Waals surface area contributed by atoms with E-state index in [1.54, 1.807) is 0 Å². The van der Waals surface area contributed by atoms with Crippen molar-refractivity contribution in [1.82, 2.24) is 0 Å². The standard InChI is InChI=1S/C13H24O2/c1-11(6-5-9-13(14)15)10-12-7-3-2-4-8-12/h11-12H,2-10H2,1H3,(H,14,15). The van der Waals surface area contributed by atoms with E-state index in [-0.39, 0.29) is 0 Å². The lowest BCUT2D eigenvalue weighted by molar-refractivity contribution is -0.137. The zero-order valence-corrected chi connectivity index (χ0v) is 9.87. The summed E-state index contributed by atoms with van der Waals surface area (Å²) in [6.07, 6.45) is 10.6. The molecule has 0 amide bonds. The summed E-state index contributed by atoms with van der Waals surface area (Å²) in [5.41, 5.74) is 0. The molecule has 1 aliphatic rings. The lowest BCUT2D eigenvalue weighted by atomic mass is 9.82. The van der Waals surface area contributed by atoms with E-state index < -0.39 is 5.97 Å². The van der Waals surface area contributed by atoms with Crippen LogP contribution < -0.4 is 0 Å². The Morgan fingerprint density at radius 3 is 2.60 bits per heavy atom. The third-order valence-electron chi connectivity index (χ3n) is 3.55. The monoisotopic (exact) mass is 212 g/mol. The molecule has 0 aliphatic heterocycles. The zero-order chi connectivity index (χ0) is 11.1. The number of rotatable bonds is 6. The Morgan fingerprint density at radius 2 is 2.00 bits per heavy atom. The van der Waals surface area contributed by atoms with Crippen LogP contribution >= 0.6 is 0 Å². The minimum atomic E-state index is -0.653.